The highest BCUT2D eigenvalue weighted by atomic mass is 16.5. The number of ether oxygens (including phenoxy) is 1. The molecule has 5 nitrogen and oxygen atoms in total. The van der Waals surface area contributed by atoms with Crippen molar-refractivity contribution in [3.8, 4) is 11.6 Å². The highest BCUT2D eigenvalue weighted by Crippen LogP contribution is 2.20. The zero-order chi connectivity index (χ0) is 16.5. The van der Waals surface area contributed by atoms with Crippen molar-refractivity contribution in [2.45, 2.75) is 12.8 Å². The third kappa shape index (κ3) is 5.56. The number of hydrogen-bond acceptors (Lipinski definition) is 4. The van der Waals surface area contributed by atoms with Crippen LogP contribution in [0.2, 0.25) is 0 Å². The van der Waals surface area contributed by atoms with E-state index in [4.69, 9.17) is 10.5 Å². The summed E-state index contributed by atoms with van der Waals surface area (Å²) in [5.41, 5.74) is 6.79. The average molecular weight is 311 g/mol. The minimum Gasteiger partial charge on any atom is -0.439 e. The Kier molecular flexibility index (Phi) is 6.32. The molecule has 3 N–H and O–H groups in total. The van der Waals surface area contributed by atoms with Crippen LogP contribution in [-0.4, -0.2) is 24.0 Å². The molecule has 1 amide bonds. The Hall–Kier alpha value is -2.66. The second kappa shape index (κ2) is 8.70. The van der Waals surface area contributed by atoms with Gasteiger partial charge in [0.2, 0.25) is 11.8 Å². The summed E-state index contributed by atoms with van der Waals surface area (Å²) in [5, 5.41) is 3.28. The second-order valence-electron chi connectivity index (χ2n) is 5.09. The predicted molar refractivity (Wildman–Crippen MR) is 90.7 cm³/mol. The number of hydrogen-bond donors (Lipinski definition) is 2. The lowest BCUT2D eigenvalue weighted by molar-refractivity contribution is 0.1000. The van der Waals surface area contributed by atoms with Crippen LogP contribution in [0.4, 0.5) is 0 Å². The molecule has 5 heteroatoms. The Morgan fingerprint density at radius 1 is 1.26 bits per heavy atom. The molecule has 1 heterocycles. The molecule has 0 bridgehead atoms. The van der Waals surface area contributed by atoms with Crippen LogP contribution in [0.25, 0.3) is 0 Å². The van der Waals surface area contributed by atoms with Gasteiger partial charge in [-0.25, -0.2) is 4.98 Å². The van der Waals surface area contributed by atoms with Gasteiger partial charge in [0.25, 0.3) is 0 Å². The first kappa shape index (κ1) is 16.7. The normalized spacial score (nSPS) is 10.3. The van der Waals surface area contributed by atoms with E-state index in [1.165, 1.54) is 11.8 Å². The van der Waals surface area contributed by atoms with Crippen LogP contribution in [0, 0.1) is 0 Å². The Morgan fingerprint density at radius 3 is 2.65 bits per heavy atom. The van der Waals surface area contributed by atoms with Gasteiger partial charge >= 0.3 is 0 Å². The van der Waals surface area contributed by atoms with Crippen molar-refractivity contribution in [2.75, 3.05) is 13.1 Å². The smallest absolute Gasteiger partial charge is 0.250 e. The molecule has 0 aliphatic heterocycles. The lowest BCUT2D eigenvalue weighted by atomic mass is 10.1. The van der Waals surface area contributed by atoms with Crippen LogP contribution in [-0.2, 0) is 6.42 Å². The van der Waals surface area contributed by atoms with Gasteiger partial charge in [-0.2, -0.15) is 0 Å². The first-order chi connectivity index (χ1) is 11.2. The van der Waals surface area contributed by atoms with Gasteiger partial charge in [-0.15, -0.1) is 6.58 Å². The molecule has 0 radical (unpaired) electrons. The van der Waals surface area contributed by atoms with Gasteiger partial charge in [0.1, 0.15) is 5.75 Å². The minimum atomic E-state index is -0.504. The van der Waals surface area contributed by atoms with Crippen molar-refractivity contribution in [1.82, 2.24) is 10.3 Å². The van der Waals surface area contributed by atoms with E-state index in [0.717, 1.165) is 25.9 Å². The van der Waals surface area contributed by atoms with Crippen LogP contribution >= 0.6 is 0 Å². The van der Waals surface area contributed by atoms with Crippen LogP contribution in [0.5, 0.6) is 11.6 Å². The number of primary amides is 1. The van der Waals surface area contributed by atoms with Gasteiger partial charge in [0, 0.05) is 18.8 Å². The number of nitrogens with zero attached hydrogens (tertiary/aromatic N) is 1. The summed E-state index contributed by atoms with van der Waals surface area (Å²) in [6.07, 6.45) is 5.35. The molecule has 0 fully saturated rings. The first-order valence-electron chi connectivity index (χ1n) is 7.53. The fraction of sp³-hybridized carbons (Fsp3) is 0.222. The highest BCUT2D eigenvalue weighted by Gasteiger charge is 2.03. The first-order valence-corrected chi connectivity index (χ1v) is 7.53. The third-order valence-electron chi connectivity index (χ3n) is 3.27. The monoisotopic (exact) mass is 311 g/mol. The lowest BCUT2D eigenvalue weighted by Crippen LogP contribution is -2.15. The summed E-state index contributed by atoms with van der Waals surface area (Å²) in [7, 11) is 0. The van der Waals surface area contributed by atoms with Crippen LogP contribution in [0.3, 0.4) is 0 Å². The van der Waals surface area contributed by atoms with Crippen molar-refractivity contribution in [3.05, 3.63) is 66.4 Å². The standard InChI is InChI=1S/C18H21N3O2/c1-2-11-20-12-3-4-14-5-8-16(9-6-14)23-17-10-7-15(13-21-17)18(19)22/h2,5-10,13,20H,1,3-4,11-12H2,(H2,19,22). The maximum absolute atomic E-state index is 11.0. The topological polar surface area (TPSA) is 77.2 Å². The molecular formula is C18H21N3O2. The number of nitrogens with two attached hydrogens (primary N) is 1. The summed E-state index contributed by atoms with van der Waals surface area (Å²) in [4.78, 5) is 15.0. The van der Waals surface area contributed by atoms with Crippen molar-refractivity contribution < 1.29 is 9.53 Å². The Morgan fingerprint density at radius 2 is 2.04 bits per heavy atom. The van der Waals surface area contributed by atoms with Gasteiger partial charge in [0.15, 0.2) is 0 Å². The molecule has 0 saturated heterocycles. The van der Waals surface area contributed by atoms with Crippen molar-refractivity contribution in [2.24, 2.45) is 5.73 Å². The van der Waals surface area contributed by atoms with E-state index in [-0.39, 0.29) is 0 Å². The molecule has 120 valence electrons. The van der Waals surface area contributed by atoms with Gasteiger partial charge in [-0.1, -0.05) is 18.2 Å². The molecule has 0 aliphatic carbocycles. The van der Waals surface area contributed by atoms with E-state index in [0.29, 0.717) is 17.2 Å². The maximum Gasteiger partial charge on any atom is 0.250 e. The molecule has 0 saturated carbocycles. The number of aryl methyl sites for hydroxylation is 1. The van der Waals surface area contributed by atoms with E-state index >= 15 is 0 Å². The van der Waals surface area contributed by atoms with Gasteiger partial charge in [-0.05, 0) is 43.1 Å². The second-order valence-corrected chi connectivity index (χ2v) is 5.09. The summed E-state index contributed by atoms with van der Waals surface area (Å²) in [6, 6.07) is 11.1. The molecule has 0 unspecified atom stereocenters. The van der Waals surface area contributed by atoms with Gasteiger partial charge < -0.3 is 15.8 Å². The molecule has 0 aliphatic rings. The van der Waals surface area contributed by atoms with E-state index in [2.05, 4.69) is 16.9 Å². The molecule has 23 heavy (non-hydrogen) atoms. The van der Waals surface area contributed by atoms with E-state index < -0.39 is 5.91 Å². The largest absolute Gasteiger partial charge is 0.439 e. The molecule has 2 rings (SSSR count). The van der Waals surface area contributed by atoms with Crippen molar-refractivity contribution in [1.29, 1.82) is 0 Å². The summed E-state index contributed by atoms with van der Waals surface area (Å²) < 4.78 is 5.64. The van der Waals surface area contributed by atoms with Crippen LogP contribution in [0.1, 0.15) is 22.3 Å². The quantitative estimate of drug-likeness (QED) is 0.551. The third-order valence-corrected chi connectivity index (χ3v) is 3.27. The number of carbonyl (C=O) groups is 1. The summed E-state index contributed by atoms with van der Waals surface area (Å²) in [6.45, 7) is 5.48. The van der Waals surface area contributed by atoms with E-state index in [1.807, 2.05) is 30.3 Å². The molecule has 1 aromatic heterocycles. The number of benzene rings is 1. The zero-order valence-corrected chi connectivity index (χ0v) is 13.0. The molecule has 2 aromatic rings. The van der Waals surface area contributed by atoms with Crippen LogP contribution < -0.4 is 15.8 Å². The number of nitrogens with one attached hydrogen (secondary N) is 1. The lowest BCUT2D eigenvalue weighted by Gasteiger charge is -2.07. The summed E-state index contributed by atoms with van der Waals surface area (Å²) >= 11 is 0. The number of carbonyl (C=O) groups excluding carboxylic acids is 1. The molecule has 0 atom stereocenters. The van der Waals surface area contributed by atoms with Crippen molar-refractivity contribution >= 4 is 5.91 Å². The fourth-order valence-corrected chi connectivity index (χ4v) is 2.05. The predicted octanol–water partition coefficient (Wildman–Crippen LogP) is 2.68. The Labute approximate surface area is 136 Å². The van der Waals surface area contributed by atoms with Crippen molar-refractivity contribution in [3.63, 3.8) is 0 Å². The SMILES string of the molecule is C=CCNCCCc1ccc(Oc2ccc(C(N)=O)cn2)cc1. The number of amides is 1. The maximum atomic E-state index is 11.0. The highest BCUT2D eigenvalue weighted by molar-refractivity contribution is 5.92. The number of aromatic nitrogens is 1. The fourth-order valence-electron chi connectivity index (χ4n) is 2.05. The van der Waals surface area contributed by atoms with Gasteiger partial charge in [-0.3, -0.25) is 4.79 Å². The van der Waals surface area contributed by atoms with Gasteiger partial charge in [0.05, 0.1) is 5.56 Å². The Balaban J connectivity index is 1.84. The average Bonchev–Trinajstić information content (AvgIpc) is 2.57. The van der Waals surface area contributed by atoms with E-state index in [9.17, 15) is 4.79 Å². The van der Waals surface area contributed by atoms with E-state index in [1.54, 1.807) is 12.1 Å². The number of pyridine rings is 1. The Bertz CT molecular complexity index is 636. The molecule has 0 spiro atoms. The molecular weight excluding hydrogens is 290 g/mol. The summed E-state index contributed by atoms with van der Waals surface area (Å²) in [5.74, 6) is 0.630. The van der Waals surface area contributed by atoms with Crippen LogP contribution in [0.15, 0.2) is 55.3 Å². The molecule has 1 aromatic carbocycles. The zero-order valence-electron chi connectivity index (χ0n) is 13.0. The minimum absolute atomic E-state index is 0.359. The number of rotatable bonds is 9.